The van der Waals surface area contributed by atoms with E-state index in [1.54, 1.807) is 24.2 Å². The van der Waals surface area contributed by atoms with Gasteiger partial charge in [0.15, 0.2) is 0 Å². The number of aliphatic hydroxyl groups is 1. The van der Waals surface area contributed by atoms with Crippen LogP contribution in [0.5, 0.6) is 5.75 Å². The van der Waals surface area contributed by atoms with Crippen LogP contribution in [0.3, 0.4) is 0 Å². The van der Waals surface area contributed by atoms with Crippen LogP contribution in [-0.4, -0.2) is 21.9 Å². The molecule has 0 bridgehead atoms. The molecule has 19 heavy (non-hydrogen) atoms. The minimum atomic E-state index is -0.645. The number of ether oxygens (including phenoxy) is 1. The Bertz CT molecular complexity index is 588. The summed E-state index contributed by atoms with van der Waals surface area (Å²) in [5.74, 6) is 1.59. The molecule has 0 aliphatic carbocycles. The summed E-state index contributed by atoms with van der Waals surface area (Å²) in [5.41, 5.74) is 1.85. The molecule has 3 nitrogen and oxygen atoms in total. The number of para-hydroxylation sites is 1. The van der Waals surface area contributed by atoms with Gasteiger partial charge in [-0.15, -0.1) is 11.8 Å². The molecular formula is C15H15NO2S. The molecule has 2 atom stereocenters. The molecule has 0 amide bonds. The van der Waals surface area contributed by atoms with Crippen LogP contribution in [0.1, 0.15) is 17.2 Å². The van der Waals surface area contributed by atoms with Gasteiger partial charge in [-0.1, -0.05) is 18.2 Å². The normalized spacial score (nSPS) is 19.4. The molecule has 0 radical (unpaired) electrons. The van der Waals surface area contributed by atoms with Gasteiger partial charge in [0, 0.05) is 28.6 Å². The van der Waals surface area contributed by atoms with Crippen LogP contribution in [0, 0.1) is 6.92 Å². The molecule has 0 fully saturated rings. The number of nitrogens with zero attached hydrogens (tertiary/aromatic N) is 1. The first kappa shape index (κ1) is 12.5. The molecule has 1 aliphatic rings. The van der Waals surface area contributed by atoms with Crippen molar-refractivity contribution in [3.8, 4) is 5.75 Å². The minimum absolute atomic E-state index is 0.233. The van der Waals surface area contributed by atoms with Crippen molar-refractivity contribution in [3.63, 3.8) is 0 Å². The molecule has 2 heterocycles. The molecule has 98 valence electrons. The molecule has 1 aromatic carbocycles. The van der Waals surface area contributed by atoms with E-state index in [-0.39, 0.29) is 6.10 Å². The van der Waals surface area contributed by atoms with Gasteiger partial charge in [0.2, 0.25) is 0 Å². The molecule has 4 heteroatoms. The van der Waals surface area contributed by atoms with Crippen LogP contribution >= 0.6 is 11.8 Å². The first-order valence-corrected chi connectivity index (χ1v) is 7.21. The molecule has 1 N–H and O–H groups in total. The van der Waals surface area contributed by atoms with Gasteiger partial charge in [0.1, 0.15) is 18.0 Å². The Morgan fingerprint density at radius 1 is 1.37 bits per heavy atom. The Labute approximate surface area is 116 Å². The number of rotatable bonds is 2. The van der Waals surface area contributed by atoms with E-state index < -0.39 is 6.10 Å². The smallest absolute Gasteiger partial charge is 0.138 e. The number of fused-ring (bicyclic) bond motifs is 1. The van der Waals surface area contributed by atoms with Crippen molar-refractivity contribution >= 4 is 11.8 Å². The maximum atomic E-state index is 10.4. The number of pyridine rings is 1. The molecule has 0 saturated carbocycles. The summed E-state index contributed by atoms with van der Waals surface area (Å²) in [5, 5.41) is 10.4. The van der Waals surface area contributed by atoms with Crippen molar-refractivity contribution < 1.29 is 9.84 Å². The summed E-state index contributed by atoms with van der Waals surface area (Å²) < 4.78 is 5.89. The van der Waals surface area contributed by atoms with Gasteiger partial charge in [-0.05, 0) is 24.6 Å². The molecule has 1 aromatic heterocycles. The highest BCUT2D eigenvalue weighted by molar-refractivity contribution is 7.99. The van der Waals surface area contributed by atoms with E-state index in [1.807, 2.05) is 37.3 Å². The van der Waals surface area contributed by atoms with E-state index in [4.69, 9.17) is 4.74 Å². The lowest BCUT2D eigenvalue weighted by Crippen LogP contribution is -2.30. The molecule has 1 aliphatic heterocycles. The first-order chi connectivity index (χ1) is 9.24. The van der Waals surface area contributed by atoms with Gasteiger partial charge in [0.25, 0.3) is 0 Å². The second kappa shape index (κ2) is 5.23. The van der Waals surface area contributed by atoms with E-state index in [0.717, 1.165) is 27.5 Å². The topological polar surface area (TPSA) is 42.4 Å². The van der Waals surface area contributed by atoms with Crippen LogP contribution in [0.4, 0.5) is 0 Å². The van der Waals surface area contributed by atoms with Gasteiger partial charge >= 0.3 is 0 Å². The van der Waals surface area contributed by atoms with Crippen LogP contribution in [0.25, 0.3) is 0 Å². The standard InChI is InChI=1S/C15H15NO2S/c1-10-6-11(8-16-7-10)15(17)13-9-19-14-5-3-2-4-12(14)18-13/h2-8,13,15,17H,9H2,1H3. The van der Waals surface area contributed by atoms with Crippen molar-refractivity contribution in [3.05, 3.63) is 53.9 Å². The van der Waals surface area contributed by atoms with Gasteiger partial charge in [-0.2, -0.15) is 0 Å². The third-order valence-corrected chi connectivity index (χ3v) is 4.26. The summed E-state index contributed by atoms with van der Waals surface area (Å²) in [6.45, 7) is 1.97. The fourth-order valence-corrected chi connectivity index (χ4v) is 3.17. The summed E-state index contributed by atoms with van der Waals surface area (Å²) in [6.07, 6.45) is 2.60. The van der Waals surface area contributed by atoms with E-state index in [2.05, 4.69) is 4.98 Å². The fraction of sp³-hybridized carbons (Fsp3) is 0.267. The van der Waals surface area contributed by atoms with Crippen molar-refractivity contribution in [2.24, 2.45) is 0 Å². The summed E-state index contributed by atoms with van der Waals surface area (Å²) in [4.78, 5) is 5.25. The lowest BCUT2D eigenvalue weighted by Gasteiger charge is -2.29. The van der Waals surface area contributed by atoms with Crippen molar-refractivity contribution in [1.29, 1.82) is 0 Å². The quantitative estimate of drug-likeness (QED) is 0.913. The molecule has 0 spiro atoms. The zero-order valence-corrected chi connectivity index (χ0v) is 11.4. The summed E-state index contributed by atoms with van der Waals surface area (Å²) >= 11 is 1.72. The molecule has 0 saturated heterocycles. The zero-order valence-electron chi connectivity index (χ0n) is 10.6. The minimum Gasteiger partial charge on any atom is -0.485 e. The molecular weight excluding hydrogens is 258 g/mol. The van der Waals surface area contributed by atoms with Crippen LogP contribution < -0.4 is 4.74 Å². The van der Waals surface area contributed by atoms with E-state index in [1.165, 1.54) is 0 Å². The van der Waals surface area contributed by atoms with E-state index in [9.17, 15) is 5.11 Å². The second-order valence-electron chi connectivity index (χ2n) is 4.65. The SMILES string of the molecule is Cc1cncc(C(O)C2CSc3ccccc3O2)c1. The van der Waals surface area contributed by atoms with Crippen molar-refractivity contribution in [2.45, 2.75) is 24.0 Å². The zero-order chi connectivity index (χ0) is 13.2. The average molecular weight is 273 g/mol. The van der Waals surface area contributed by atoms with E-state index in [0.29, 0.717) is 0 Å². The molecule has 3 rings (SSSR count). The fourth-order valence-electron chi connectivity index (χ4n) is 2.15. The van der Waals surface area contributed by atoms with Crippen LogP contribution in [0.2, 0.25) is 0 Å². The van der Waals surface area contributed by atoms with Crippen LogP contribution in [-0.2, 0) is 0 Å². The average Bonchev–Trinajstić information content (AvgIpc) is 2.46. The maximum absolute atomic E-state index is 10.4. The predicted octanol–water partition coefficient (Wildman–Crippen LogP) is 2.98. The Hall–Kier alpha value is -1.52. The van der Waals surface area contributed by atoms with Gasteiger partial charge in [-0.3, -0.25) is 4.98 Å². The lowest BCUT2D eigenvalue weighted by molar-refractivity contribution is 0.0455. The van der Waals surface area contributed by atoms with Gasteiger partial charge in [-0.25, -0.2) is 0 Å². The third-order valence-electron chi connectivity index (χ3n) is 3.12. The largest absolute Gasteiger partial charge is 0.485 e. The Balaban J connectivity index is 1.81. The van der Waals surface area contributed by atoms with Gasteiger partial charge < -0.3 is 9.84 Å². The van der Waals surface area contributed by atoms with Crippen molar-refractivity contribution in [2.75, 3.05) is 5.75 Å². The predicted molar refractivity (Wildman–Crippen MR) is 75.5 cm³/mol. The number of benzene rings is 1. The third kappa shape index (κ3) is 2.60. The number of aliphatic hydroxyl groups excluding tert-OH is 1. The highest BCUT2D eigenvalue weighted by Crippen LogP contribution is 2.38. The summed E-state index contributed by atoms with van der Waals surface area (Å²) in [6, 6.07) is 9.87. The monoisotopic (exact) mass is 273 g/mol. The summed E-state index contributed by atoms with van der Waals surface area (Å²) in [7, 11) is 0. The van der Waals surface area contributed by atoms with E-state index >= 15 is 0 Å². The number of thioether (sulfide) groups is 1. The highest BCUT2D eigenvalue weighted by atomic mass is 32.2. The van der Waals surface area contributed by atoms with Crippen molar-refractivity contribution in [1.82, 2.24) is 4.98 Å². The number of hydrogen-bond acceptors (Lipinski definition) is 4. The second-order valence-corrected chi connectivity index (χ2v) is 5.72. The highest BCUT2D eigenvalue weighted by Gasteiger charge is 2.28. The number of aryl methyl sites for hydroxylation is 1. The lowest BCUT2D eigenvalue weighted by atomic mass is 10.1. The van der Waals surface area contributed by atoms with Crippen LogP contribution in [0.15, 0.2) is 47.6 Å². The molecule has 2 unspecified atom stereocenters. The number of aromatic nitrogens is 1. The first-order valence-electron chi connectivity index (χ1n) is 6.22. The number of hydrogen-bond donors (Lipinski definition) is 1. The Morgan fingerprint density at radius 2 is 2.21 bits per heavy atom. The van der Waals surface area contributed by atoms with Gasteiger partial charge in [0.05, 0.1) is 0 Å². The molecule has 2 aromatic rings. The Kier molecular flexibility index (Phi) is 3.44. The Morgan fingerprint density at radius 3 is 3.05 bits per heavy atom. The maximum Gasteiger partial charge on any atom is 0.138 e.